The Morgan fingerprint density at radius 1 is 1.47 bits per heavy atom. The van der Waals surface area contributed by atoms with Gasteiger partial charge in [-0.15, -0.1) is 0 Å². The molecule has 2 fully saturated rings. The molecule has 1 unspecified atom stereocenters. The maximum atomic E-state index is 4.44. The van der Waals surface area contributed by atoms with E-state index in [1.807, 2.05) is 7.05 Å². The van der Waals surface area contributed by atoms with Crippen molar-refractivity contribution in [2.24, 2.45) is 4.99 Å². The van der Waals surface area contributed by atoms with Crippen LogP contribution in [0.5, 0.6) is 0 Å². The van der Waals surface area contributed by atoms with E-state index in [0.29, 0.717) is 0 Å². The lowest BCUT2D eigenvalue weighted by Crippen LogP contribution is -2.49. The first-order valence-corrected chi connectivity index (χ1v) is 8.57. The van der Waals surface area contributed by atoms with Crippen LogP contribution < -0.4 is 5.32 Å². The molecule has 0 amide bonds. The summed E-state index contributed by atoms with van der Waals surface area (Å²) in [6.45, 7) is 6.66. The fourth-order valence-electron chi connectivity index (χ4n) is 2.53. The third-order valence-corrected chi connectivity index (χ3v) is 5.40. The lowest BCUT2D eigenvalue weighted by molar-refractivity contribution is 0.324. The topological polar surface area (TPSA) is 30.9 Å². The predicted molar refractivity (Wildman–Crippen MR) is 85.1 cm³/mol. The van der Waals surface area contributed by atoms with Crippen LogP contribution in [0.3, 0.4) is 0 Å². The Morgan fingerprint density at radius 3 is 2.89 bits per heavy atom. The molecule has 1 heterocycles. The van der Waals surface area contributed by atoms with E-state index in [0.717, 1.165) is 43.4 Å². The smallest absolute Gasteiger partial charge is 0.193 e. The van der Waals surface area contributed by atoms with Crippen molar-refractivity contribution < 1.29 is 0 Å². The number of rotatable bonds is 5. The first-order chi connectivity index (χ1) is 9.24. The van der Waals surface area contributed by atoms with Gasteiger partial charge in [0, 0.05) is 50.3 Å². The highest BCUT2D eigenvalue weighted by Crippen LogP contribution is 2.24. The van der Waals surface area contributed by atoms with Gasteiger partial charge < -0.3 is 15.1 Å². The molecule has 1 aliphatic carbocycles. The second kappa shape index (κ2) is 7.39. The molecule has 5 heteroatoms. The molecular weight excluding hydrogens is 256 g/mol. The highest BCUT2D eigenvalue weighted by molar-refractivity contribution is 8.00. The summed E-state index contributed by atoms with van der Waals surface area (Å²) in [4.78, 5) is 9.32. The van der Waals surface area contributed by atoms with Gasteiger partial charge in [0.05, 0.1) is 0 Å². The van der Waals surface area contributed by atoms with Crippen LogP contribution >= 0.6 is 11.8 Å². The molecule has 110 valence electrons. The number of hydrogen-bond donors (Lipinski definition) is 1. The van der Waals surface area contributed by atoms with E-state index in [-0.39, 0.29) is 0 Å². The SMILES string of the molecule is CCC1CN(C(=NC)NCCN(C)C2CC2)CCS1. The van der Waals surface area contributed by atoms with Crippen LogP contribution in [0.15, 0.2) is 4.99 Å². The summed E-state index contributed by atoms with van der Waals surface area (Å²) in [5.41, 5.74) is 0. The molecule has 0 aromatic heterocycles. The summed E-state index contributed by atoms with van der Waals surface area (Å²) in [5, 5.41) is 4.29. The first-order valence-electron chi connectivity index (χ1n) is 7.52. The van der Waals surface area contributed by atoms with Crippen LogP contribution in [0, 0.1) is 0 Å². The summed E-state index contributed by atoms with van der Waals surface area (Å²) in [6.07, 6.45) is 4.02. The molecule has 0 aromatic carbocycles. The van der Waals surface area contributed by atoms with Gasteiger partial charge in [0.25, 0.3) is 0 Å². The van der Waals surface area contributed by atoms with Crippen molar-refractivity contribution in [2.75, 3.05) is 46.0 Å². The Labute approximate surface area is 122 Å². The van der Waals surface area contributed by atoms with E-state index < -0.39 is 0 Å². The number of nitrogens with zero attached hydrogens (tertiary/aromatic N) is 3. The molecule has 1 saturated carbocycles. The predicted octanol–water partition coefficient (Wildman–Crippen LogP) is 1.48. The van der Waals surface area contributed by atoms with E-state index in [2.05, 4.69) is 45.8 Å². The number of guanidine groups is 1. The minimum atomic E-state index is 0.765. The Bertz CT molecular complexity index is 304. The molecule has 4 nitrogen and oxygen atoms in total. The van der Waals surface area contributed by atoms with Crippen LogP contribution in [0.1, 0.15) is 26.2 Å². The van der Waals surface area contributed by atoms with Gasteiger partial charge in [0.15, 0.2) is 5.96 Å². The third kappa shape index (κ3) is 4.56. The second-order valence-electron chi connectivity index (χ2n) is 5.53. The third-order valence-electron chi connectivity index (χ3n) is 4.02. The highest BCUT2D eigenvalue weighted by Gasteiger charge is 2.26. The molecule has 1 saturated heterocycles. The van der Waals surface area contributed by atoms with Crippen LogP contribution in [0.4, 0.5) is 0 Å². The van der Waals surface area contributed by atoms with E-state index in [9.17, 15) is 0 Å². The van der Waals surface area contributed by atoms with Crippen molar-refractivity contribution in [1.82, 2.24) is 15.1 Å². The molecule has 1 N–H and O–H groups in total. The lowest BCUT2D eigenvalue weighted by Gasteiger charge is -2.34. The molecule has 0 radical (unpaired) electrons. The van der Waals surface area contributed by atoms with Gasteiger partial charge in [-0.3, -0.25) is 4.99 Å². The quantitative estimate of drug-likeness (QED) is 0.612. The number of hydrogen-bond acceptors (Lipinski definition) is 3. The summed E-state index contributed by atoms with van der Waals surface area (Å²) < 4.78 is 0. The molecule has 1 aliphatic heterocycles. The van der Waals surface area contributed by atoms with Crippen molar-refractivity contribution in [2.45, 2.75) is 37.5 Å². The number of thioether (sulfide) groups is 1. The van der Waals surface area contributed by atoms with Crippen LogP contribution in [0.2, 0.25) is 0 Å². The van der Waals surface area contributed by atoms with Gasteiger partial charge in [-0.1, -0.05) is 6.92 Å². The van der Waals surface area contributed by atoms with E-state index in [1.54, 1.807) is 0 Å². The van der Waals surface area contributed by atoms with Crippen LogP contribution in [-0.4, -0.2) is 73.1 Å². The number of nitrogens with one attached hydrogen (secondary N) is 1. The number of likely N-dealkylation sites (N-methyl/N-ethyl adjacent to an activating group) is 1. The van der Waals surface area contributed by atoms with Crippen molar-refractivity contribution in [1.29, 1.82) is 0 Å². The van der Waals surface area contributed by atoms with Crippen molar-refractivity contribution in [3.05, 3.63) is 0 Å². The fraction of sp³-hybridized carbons (Fsp3) is 0.929. The lowest BCUT2D eigenvalue weighted by atomic mass is 10.3. The van der Waals surface area contributed by atoms with Crippen LogP contribution in [-0.2, 0) is 0 Å². The zero-order valence-corrected chi connectivity index (χ0v) is 13.4. The minimum Gasteiger partial charge on any atom is -0.355 e. The highest BCUT2D eigenvalue weighted by atomic mass is 32.2. The molecule has 2 rings (SSSR count). The van der Waals surface area contributed by atoms with Crippen molar-refractivity contribution in [3.63, 3.8) is 0 Å². The Morgan fingerprint density at radius 2 is 2.26 bits per heavy atom. The van der Waals surface area contributed by atoms with E-state index in [4.69, 9.17) is 0 Å². The fourth-order valence-corrected chi connectivity index (χ4v) is 3.71. The summed E-state index contributed by atoms with van der Waals surface area (Å²) in [5.74, 6) is 2.31. The standard InChI is InChI=1S/C14H28N4S/c1-4-13-11-18(9-10-19-13)14(15-2)16-7-8-17(3)12-5-6-12/h12-13H,4-11H2,1-3H3,(H,15,16). The van der Waals surface area contributed by atoms with Crippen molar-refractivity contribution in [3.8, 4) is 0 Å². The average Bonchev–Trinajstić information content (AvgIpc) is 3.28. The molecule has 2 aliphatic rings. The molecule has 0 aromatic rings. The van der Waals surface area contributed by atoms with Gasteiger partial charge in [-0.2, -0.15) is 11.8 Å². The maximum absolute atomic E-state index is 4.44. The van der Waals surface area contributed by atoms with Crippen LogP contribution in [0.25, 0.3) is 0 Å². The van der Waals surface area contributed by atoms with E-state index >= 15 is 0 Å². The Kier molecular flexibility index (Phi) is 5.82. The largest absolute Gasteiger partial charge is 0.355 e. The molecular formula is C14H28N4S. The van der Waals surface area contributed by atoms with Gasteiger partial charge in [-0.25, -0.2) is 0 Å². The van der Waals surface area contributed by atoms with Gasteiger partial charge >= 0.3 is 0 Å². The first kappa shape index (κ1) is 15.0. The number of aliphatic imine (C=N–C) groups is 1. The zero-order chi connectivity index (χ0) is 13.7. The minimum absolute atomic E-state index is 0.765. The molecule has 0 bridgehead atoms. The summed E-state index contributed by atoms with van der Waals surface area (Å²) in [7, 11) is 4.13. The molecule has 19 heavy (non-hydrogen) atoms. The van der Waals surface area contributed by atoms with Gasteiger partial charge in [0.1, 0.15) is 0 Å². The molecule has 1 atom stereocenters. The summed E-state index contributed by atoms with van der Waals surface area (Å²) in [6, 6.07) is 0.847. The monoisotopic (exact) mass is 284 g/mol. The van der Waals surface area contributed by atoms with Gasteiger partial charge in [-0.05, 0) is 26.3 Å². The zero-order valence-electron chi connectivity index (χ0n) is 12.6. The summed E-state index contributed by atoms with van der Waals surface area (Å²) >= 11 is 2.10. The Balaban J connectivity index is 1.72. The van der Waals surface area contributed by atoms with Gasteiger partial charge in [0.2, 0.25) is 0 Å². The Hall–Kier alpha value is -0.420. The second-order valence-corrected chi connectivity index (χ2v) is 6.94. The maximum Gasteiger partial charge on any atom is 0.193 e. The molecule has 0 spiro atoms. The normalized spacial score (nSPS) is 24.9. The van der Waals surface area contributed by atoms with Crippen molar-refractivity contribution >= 4 is 17.7 Å². The van der Waals surface area contributed by atoms with E-state index in [1.165, 1.54) is 25.0 Å². The average molecular weight is 284 g/mol.